The summed E-state index contributed by atoms with van der Waals surface area (Å²) < 4.78 is 35.1. The fraction of sp³-hybridized carbons (Fsp3) is 0.235. The molecule has 2 N–H and O–H groups in total. The van der Waals surface area contributed by atoms with Crippen LogP contribution in [0.5, 0.6) is 5.88 Å². The number of rotatable bonds is 6. The normalized spacial score (nSPS) is 11.6. The monoisotopic (exact) mass is 396 g/mol. The average molecular weight is 397 g/mol. The third-order valence-corrected chi connectivity index (χ3v) is 4.15. The van der Waals surface area contributed by atoms with E-state index >= 15 is 0 Å². The second kappa shape index (κ2) is 7.45. The number of nitrogens with one attached hydrogen (secondary N) is 2. The molecule has 0 bridgehead atoms. The Kier molecular flexibility index (Phi) is 5.24. The molecule has 0 aliphatic heterocycles. The van der Waals surface area contributed by atoms with Crippen molar-refractivity contribution in [3.63, 3.8) is 0 Å². The number of alkyl halides is 2. The van der Waals surface area contributed by atoms with Crippen LogP contribution in [0.3, 0.4) is 0 Å². The van der Waals surface area contributed by atoms with E-state index in [9.17, 15) is 13.6 Å². The Labute approximate surface area is 157 Å². The Hall–Kier alpha value is -2.78. The Bertz CT molecular complexity index is 976. The molecule has 1 aromatic carbocycles. The highest BCUT2D eigenvalue weighted by molar-refractivity contribution is 6.34. The average Bonchev–Trinajstić information content (AvgIpc) is 3.07. The molecule has 0 unspecified atom stereocenters. The lowest BCUT2D eigenvalue weighted by molar-refractivity contribution is -0.219. The molecule has 0 atom stereocenters. The summed E-state index contributed by atoms with van der Waals surface area (Å²) in [6.45, 7) is -0.123. The number of hydrogen-bond donors (Lipinski definition) is 2. The quantitative estimate of drug-likeness (QED) is 0.668. The van der Waals surface area contributed by atoms with Gasteiger partial charge in [0.2, 0.25) is 5.88 Å². The molecule has 0 spiro atoms. The second-order valence-corrected chi connectivity index (χ2v) is 5.97. The molecular weight excluding hydrogens is 382 g/mol. The fourth-order valence-corrected chi connectivity index (χ4v) is 2.71. The first kappa shape index (κ1) is 19.0. The van der Waals surface area contributed by atoms with Gasteiger partial charge in [0.05, 0.1) is 36.8 Å². The summed E-state index contributed by atoms with van der Waals surface area (Å²) in [6.07, 6.45) is -0.875. The summed E-state index contributed by atoms with van der Waals surface area (Å²) in [4.78, 5) is 22.8. The van der Waals surface area contributed by atoms with Crippen molar-refractivity contribution in [1.82, 2.24) is 20.3 Å². The molecular formula is C17H15ClF2N4O3. The van der Waals surface area contributed by atoms with Crippen molar-refractivity contribution >= 4 is 28.4 Å². The Balaban J connectivity index is 1.84. The summed E-state index contributed by atoms with van der Waals surface area (Å²) in [6, 6.07) is 5.18. The Morgan fingerprint density at radius 1 is 1.26 bits per heavy atom. The molecule has 0 saturated heterocycles. The largest absolute Gasteiger partial charge is 0.480 e. The van der Waals surface area contributed by atoms with Crippen LogP contribution in [0.2, 0.25) is 5.02 Å². The highest BCUT2D eigenvalue weighted by atomic mass is 35.5. The number of fused-ring (bicyclic) bond motifs is 1. The number of aromatic amines is 1. The number of methoxy groups -OCH3 is 2. The molecule has 142 valence electrons. The first-order valence-electron chi connectivity index (χ1n) is 7.73. The molecule has 2 aromatic heterocycles. The molecule has 27 heavy (non-hydrogen) atoms. The molecule has 2 heterocycles. The molecule has 0 saturated carbocycles. The number of amides is 1. The standard InChI is InChI=1S/C17H15ClF2N4O3/c1-26-15-8-21-14(7-22-15)11-5-13-9(4-12(11)18)3-10(24-13)6-23-16(25)17(19,20)27-2/h3-5,7-8,24H,6H2,1-2H3,(H,23,25). The van der Waals surface area contributed by atoms with E-state index in [0.717, 1.165) is 12.5 Å². The van der Waals surface area contributed by atoms with Crippen molar-refractivity contribution in [2.45, 2.75) is 12.7 Å². The van der Waals surface area contributed by atoms with E-state index in [1.165, 1.54) is 19.5 Å². The Morgan fingerprint density at radius 3 is 2.67 bits per heavy atom. The number of aromatic nitrogens is 3. The van der Waals surface area contributed by atoms with E-state index in [-0.39, 0.29) is 6.54 Å². The van der Waals surface area contributed by atoms with Gasteiger partial charge in [0, 0.05) is 29.3 Å². The molecule has 3 aromatic rings. The number of halogens is 3. The molecule has 0 aliphatic rings. The highest BCUT2D eigenvalue weighted by Gasteiger charge is 2.38. The third-order valence-electron chi connectivity index (χ3n) is 3.84. The number of hydrogen-bond acceptors (Lipinski definition) is 5. The third kappa shape index (κ3) is 3.99. The zero-order valence-electron chi connectivity index (χ0n) is 14.3. The summed E-state index contributed by atoms with van der Waals surface area (Å²) in [5.74, 6) is -1.14. The lowest BCUT2D eigenvalue weighted by Gasteiger charge is -2.12. The lowest BCUT2D eigenvalue weighted by atomic mass is 10.1. The smallest absolute Gasteiger partial charge is 0.436 e. The van der Waals surface area contributed by atoms with Gasteiger partial charge in [-0.25, -0.2) is 9.97 Å². The maximum absolute atomic E-state index is 13.1. The van der Waals surface area contributed by atoms with Crippen molar-refractivity contribution in [2.24, 2.45) is 0 Å². The molecule has 7 nitrogen and oxygen atoms in total. The van der Waals surface area contributed by atoms with E-state index in [4.69, 9.17) is 16.3 Å². The zero-order valence-corrected chi connectivity index (χ0v) is 15.1. The first-order chi connectivity index (χ1) is 12.8. The lowest BCUT2D eigenvalue weighted by Crippen LogP contribution is -2.41. The van der Waals surface area contributed by atoms with Crippen LogP contribution in [0, 0.1) is 0 Å². The second-order valence-electron chi connectivity index (χ2n) is 5.56. The minimum absolute atomic E-state index is 0.123. The van der Waals surface area contributed by atoms with Gasteiger partial charge in [-0.2, -0.15) is 8.78 Å². The highest BCUT2D eigenvalue weighted by Crippen LogP contribution is 2.31. The van der Waals surface area contributed by atoms with Gasteiger partial charge in [0.1, 0.15) is 0 Å². The van der Waals surface area contributed by atoms with Gasteiger partial charge >= 0.3 is 12.0 Å². The van der Waals surface area contributed by atoms with Gasteiger partial charge in [0.25, 0.3) is 0 Å². The van der Waals surface area contributed by atoms with Crippen molar-refractivity contribution in [1.29, 1.82) is 0 Å². The van der Waals surface area contributed by atoms with Crippen molar-refractivity contribution < 1.29 is 23.0 Å². The number of nitrogens with zero attached hydrogens (tertiary/aromatic N) is 2. The number of H-pyrrole nitrogens is 1. The van der Waals surface area contributed by atoms with Gasteiger partial charge < -0.3 is 19.8 Å². The van der Waals surface area contributed by atoms with Crippen molar-refractivity contribution in [2.75, 3.05) is 14.2 Å². The molecule has 0 fully saturated rings. The van der Waals surface area contributed by atoms with Gasteiger partial charge in [-0.15, -0.1) is 0 Å². The zero-order chi connectivity index (χ0) is 19.6. The van der Waals surface area contributed by atoms with Crippen LogP contribution in [0.15, 0.2) is 30.6 Å². The maximum Gasteiger partial charge on any atom is 0.436 e. The van der Waals surface area contributed by atoms with Crippen LogP contribution in [0.4, 0.5) is 8.78 Å². The molecule has 10 heteroatoms. The first-order valence-corrected chi connectivity index (χ1v) is 8.10. The minimum atomic E-state index is -3.88. The molecule has 0 radical (unpaired) electrons. The van der Waals surface area contributed by atoms with E-state index in [2.05, 4.69) is 25.0 Å². The van der Waals surface area contributed by atoms with Crippen LogP contribution < -0.4 is 10.1 Å². The number of ether oxygens (including phenoxy) is 2. The van der Waals surface area contributed by atoms with E-state index in [1.54, 1.807) is 18.2 Å². The van der Waals surface area contributed by atoms with Crippen molar-refractivity contribution in [3.05, 3.63) is 41.3 Å². The Morgan fingerprint density at radius 2 is 2.04 bits per heavy atom. The van der Waals surface area contributed by atoms with Crippen LogP contribution in [0.1, 0.15) is 5.69 Å². The molecule has 3 rings (SSSR count). The van der Waals surface area contributed by atoms with Gasteiger partial charge in [-0.3, -0.25) is 4.79 Å². The van der Waals surface area contributed by atoms with Crippen LogP contribution in [-0.4, -0.2) is 41.2 Å². The van der Waals surface area contributed by atoms with Gasteiger partial charge in [-0.05, 0) is 18.2 Å². The summed E-state index contributed by atoms with van der Waals surface area (Å²) in [5, 5.41) is 3.31. The van der Waals surface area contributed by atoms with Crippen LogP contribution >= 0.6 is 11.6 Å². The fourth-order valence-electron chi connectivity index (χ4n) is 2.44. The molecule has 1 amide bonds. The predicted molar refractivity (Wildman–Crippen MR) is 94.7 cm³/mol. The summed E-state index contributed by atoms with van der Waals surface area (Å²) in [7, 11) is 2.25. The number of carbonyl (C=O) groups excluding carboxylic acids is 1. The topological polar surface area (TPSA) is 89.1 Å². The summed E-state index contributed by atoms with van der Waals surface area (Å²) in [5.41, 5.74) is 2.42. The van der Waals surface area contributed by atoms with Crippen LogP contribution in [-0.2, 0) is 16.1 Å². The minimum Gasteiger partial charge on any atom is -0.480 e. The maximum atomic E-state index is 13.1. The van der Waals surface area contributed by atoms with Gasteiger partial charge in [0.15, 0.2) is 0 Å². The van der Waals surface area contributed by atoms with Gasteiger partial charge in [-0.1, -0.05) is 11.6 Å². The number of benzene rings is 1. The van der Waals surface area contributed by atoms with Crippen molar-refractivity contribution in [3.8, 4) is 17.1 Å². The number of carbonyl (C=O) groups is 1. The SMILES string of the molecule is COc1cnc(-c2cc3[nH]c(CNC(=O)C(F)(F)OC)cc3cc2Cl)cn1. The van der Waals surface area contributed by atoms with E-state index < -0.39 is 12.0 Å². The van der Waals surface area contributed by atoms with E-state index in [0.29, 0.717) is 33.4 Å². The summed E-state index contributed by atoms with van der Waals surface area (Å²) >= 11 is 6.33. The predicted octanol–water partition coefficient (Wildman–Crippen LogP) is 3.14. The molecule has 0 aliphatic carbocycles. The van der Waals surface area contributed by atoms with Crippen LogP contribution in [0.25, 0.3) is 22.2 Å². The van der Waals surface area contributed by atoms with E-state index in [1.807, 2.05) is 0 Å².